The molecule has 0 amide bonds. The Balaban J connectivity index is 1.69. The van der Waals surface area contributed by atoms with E-state index >= 15 is 4.39 Å². The molecule has 0 spiro atoms. The van der Waals surface area contributed by atoms with Crippen molar-refractivity contribution in [3.05, 3.63) is 87.6 Å². The van der Waals surface area contributed by atoms with E-state index in [0.717, 1.165) is 12.8 Å². The summed E-state index contributed by atoms with van der Waals surface area (Å²) in [5, 5.41) is 13.8. The van der Waals surface area contributed by atoms with Crippen LogP contribution in [0, 0.1) is 5.82 Å². The number of aryl methyl sites for hydroxylation is 1. The molecular weight excluding hydrogens is 437 g/mol. The molecule has 2 aromatic carbocycles. The van der Waals surface area contributed by atoms with Gasteiger partial charge in [-0.25, -0.2) is 14.3 Å². The Labute approximate surface area is 195 Å². The third-order valence-corrected chi connectivity index (χ3v) is 5.61. The number of H-pyrrole nitrogens is 1. The summed E-state index contributed by atoms with van der Waals surface area (Å²) >= 11 is 0. The highest BCUT2D eigenvalue weighted by atomic mass is 19.1. The molecule has 174 valence electrons. The molecule has 0 radical (unpaired) electrons. The number of nitrogens with zero attached hydrogens (tertiary/aromatic N) is 4. The first-order valence-corrected chi connectivity index (χ1v) is 11.0. The molecule has 0 unspecified atom stereocenters. The maximum absolute atomic E-state index is 15.3. The van der Waals surface area contributed by atoms with Gasteiger partial charge in [-0.3, -0.25) is 4.79 Å². The van der Waals surface area contributed by atoms with Crippen molar-refractivity contribution < 1.29 is 13.9 Å². The fraction of sp³-hybridized carbons (Fsp3) is 0.240. The zero-order valence-electron chi connectivity index (χ0n) is 18.9. The van der Waals surface area contributed by atoms with E-state index in [4.69, 9.17) is 4.74 Å². The molecule has 4 rings (SSSR count). The highest BCUT2D eigenvalue weighted by molar-refractivity contribution is 5.89. The molecule has 0 aliphatic rings. The fourth-order valence-electron chi connectivity index (χ4n) is 3.89. The Bertz CT molecular complexity index is 1370. The van der Waals surface area contributed by atoms with E-state index in [0.29, 0.717) is 40.2 Å². The van der Waals surface area contributed by atoms with Crippen LogP contribution in [0.2, 0.25) is 0 Å². The molecule has 2 heterocycles. The number of carbonyl (C=O) groups is 1. The van der Waals surface area contributed by atoms with E-state index in [1.54, 1.807) is 28.8 Å². The lowest BCUT2D eigenvalue weighted by Crippen LogP contribution is -2.25. The second kappa shape index (κ2) is 10.2. The maximum atomic E-state index is 15.3. The first-order chi connectivity index (χ1) is 16.5. The van der Waals surface area contributed by atoms with Crippen molar-refractivity contribution in [1.29, 1.82) is 0 Å². The van der Waals surface area contributed by atoms with E-state index in [9.17, 15) is 9.59 Å². The first-order valence-electron chi connectivity index (χ1n) is 11.0. The van der Waals surface area contributed by atoms with Crippen LogP contribution in [0.4, 0.5) is 4.39 Å². The van der Waals surface area contributed by atoms with E-state index in [1.807, 2.05) is 25.1 Å². The summed E-state index contributed by atoms with van der Waals surface area (Å²) in [6.07, 6.45) is 2.40. The van der Waals surface area contributed by atoms with Gasteiger partial charge in [-0.2, -0.15) is 0 Å². The van der Waals surface area contributed by atoms with Crippen molar-refractivity contribution in [2.75, 3.05) is 7.11 Å². The summed E-state index contributed by atoms with van der Waals surface area (Å²) in [5.41, 5.74) is 2.95. The molecule has 8 nitrogen and oxygen atoms in total. The molecule has 0 aliphatic carbocycles. The quantitative estimate of drug-likeness (QED) is 0.398. The Morgan fingerprint density at radius 2 is 1.88 bits per heavy atom. The minimum absolute atomic E-state index is 0.185. The molecule has 34 heavy (non-hydrogen) atoms. The molecule has 4 aromatic rings. The molecule has 0 fully saturated rings. The molecular formula is C25H24FN5O3. The van der Waals surface area contributed by atoms with Gasteiger partial charge >= 0.3 is 5.97 Å². The Morgan fingerprint density at radius 3 is 2.56 bits per heavy atom. The van der Waals surface area contributed by atoms with Gasteiger partial charge in [0, 0.05) is 22.9 Å². The summed E-state index contributed by atoms with van der Waals surface area (Å²) in [5.74, 6) is -0.540. The number of halogens is 1. The number of hydrogen-bond acceptors (Lipinski definition) is 6. The monoisotopic (exact) mass is 461 g/mol. The van der Waals surface area contributed by atoms with Gasteiger partial charge in [0.05, 0.1) is 19.2 Å². The van der Waals surface area contributed by atoms with Gasteiger partial charge in [-0.1, -0.05) is 49.7 Å². The van der Waals surface area contributed by atoms with Crippen LogP contribution >= 0.6 is 0 Å². The normalized spacial score (nSPS) is 10.9. The molecule has 1 N–H and O–H groups in total. The number of nitrogens with one attached hydrogen (secondary N) is 1. The maximum Gasteiger partial charge on any atom is 0.338 e. The van der Waals surface area contributed by atoms with Crippen molar-refractivity contribution in [2.24, 2.45) is 0 Å². The van der Waals surface area contributed by atoms with Crippen LogP contribution < -0.4 is 5.56 Å². The number of rotatable bonds is 8. The first kappa shape index (κ1) is 23.0. The van der Waals surface area contributed by atoms with Gasteiger partial charge in [0.2, 0.25) is 0 Å². The van der Waals surface area contributed by atoms with Crippen LogP contribution in [-0.2, 0) is 17.7 Å². The lowest BCUT2D eigenvalue weighted by atomic mass is 9.97. The number of aromatic amines is 1. The molecule has 9 heteroatoms. The molecule has 0 aliphatic heterocycles. The highest BCUT2D eigenvalue weighted by Crippen LogP contribution is 2.32. The van der Waals surface area contributed by atoms with Crippen molar-refractivity contribution in [3.63, 3.8) is 0 Å². The van der Waals surface area contributed by atoms with Crippen molar-refractivity contribution in [3.8, 4) is 22.5 Å². The number of ether oxygens (including phenoxy) is 1. The molecule has 2 aromatic heterocycles. The molecule has 0 saturated carbocycles. The largest absolute Gasteiger partial charge is 0.465 e. The summed E-state index contributed by atoms with van der Waals surface area (Å²) in [6.45, 7) is 2.23. The lowest BCUT2D eigenvalue weighted by molar-refractivity contribution is 0.0600. The van der Waals surface area contributed by atoms with Crippen molar-refractivity contribution in [2.45, 2.75) is 32.7 Å². The highest BCUT2D eigenvalue weighted by Gasteiger charge is 2.16. The summed E-state index contributed by atoms with van der Waals surface area (Å²) in [6, 6.07) is 15.1. The molecule has 0 atom stereocenters. The number of pyridine rings is 1. The Morgan fingerprint density at radius 1 is 1.09 bits per heavy atom. The van der Waals surface area contributed by atoms with E-state index in [-0.39, 0.29) is 17.7 Å². The standard InChI is InChI=1S/C25H24FN5O3/c1-3-4-7-18-13-17(25(33)34-2)14-23(32)31(18)15-16-10-11-20(22(26)12-16)19-8-5-6-9-21(19)24-27-29-30-28-24/h5-6,8-14H,3-4,7,15H2,1-2H3,(H,27,28,29,30). The SMILES string of the molecule is CCCCc1cc(C(=O)OC)cc(=O)n1Cc1ccc(-c2ccccc2-c2nnn[nH]2)c(F)c1. The lowest BCUT2D eigenvalue weighted by Gasteiger charge is -2.15. The van der Waals surface area contributed by atoms with Gasteiger partial charge in [-0.15, -0.1) is 5.10 Å². The van der Waals surface area contributed by atoms with Crippen LogP contribution in [0.5, 0.6) is 0 Å². The second-order valence-corrected chi connectivity index (χ2v) is 7.86. The Kier molecular flexibility index (Phi) is 6.91. The number of aromatic nitrogens is 5. The summed E-state index contributed by atoms with van der Waals surface area (Å²) < 4.78 is 21.6. The summed E-state index contributed by atoms with van der Waals surface area (Å²) in [4.78, 5) is 24.8. The van der Waals surface area contributed by atoms with Crippen LogP contribution in [0.15, 0.2) is 59.4 Å². The van der Waals surface area contributed by atoms with Crippen LogP contribution in [-0.4, -0.2) is 38.3 Å². The van der Waals surface area contributed by atoms with Crippen molar-refractivity contribution in [1.82, 2.24) is 25.2 Å². The van der Waals surface area contributed by atoms with E-state index in [1.165, 1.54) is 19.2 Å². The van der Waals surface area contributed by atoms with Gasteiger partial charge in [-0.05, 0) is 46.5 Å². The molecule has 0 saturated heterocycles. The van der Waals surface area contributed by atoms with Gasteiger partial charge in [0.15, 0.2) is 5.82 Å². The minimum atomic E-state index is -0.557. The topological polar surface area (TPSA) is 103 Å². The fourth-order valence-corrected chi connectivity index (χ4v) is 3.89. The zero-order chi connectivity index (χ0) is 24.1. The number of unbranched alkanes of at least 4 members (excludes halogenated alkanes) is 1. The number of carbonyl (C=O) groups excluding carboxylic acids is 1. The predicted molar refractivity (Wildman–Crippen MR) is 125 cm³/mol. The van der Waals surface area contributed by atoms with E-state index in [2.05, 4.69) is 20.6 Å². The molecule has 0 bridgehead atoms. The van der Waals surface area contributed by atoms with Gasteiger partial charge in [0.25, 0.3) is 5.56 Å². The number of benzene rings is 2. The smallest absolute Gasteiger partial charge is 0.338 e. The number of esters is 1. The van der Waals surface area contributed by atoms with Crippen LogP contribution in [0.1, 0.15) is 41.4 Å². The average Bonchev–Trinajstić information content (AvgIpc) is 3.39. The number of methoxy groups -OCH3 is 1. The van der Waals surface area contributed by atoms with Crippen LogP contribution in [0.25, 0.3) is 22.5 Å². The third kappa shape index (κ3) is 4.78. The Hall–Kier alpha value is -4.14. The average molecular weight is 461 g/mol. The number of tetrazole rings is 1. The number of hydrogen-bond donors (Lipinski definition) is 1. The third-order valence-electron chi connectivity index (χ3n) is 5.61. The van der Waals surface area contributed by atoms with Gasteiger partial charge < -0.3 is 9.30 Å². The van der Waals surface area contributed by atoms with Crippen molar-refractivity contribution >= 4 is 5.97 Å². The second-order valence-electron chi connectivity index (χ2n) is 7.86. The zero-order valence-corrected chi connectivity index (χ0v) is 18.9. The van der Waals surface area contributed by atoms with Crippen LogP contribution in [0.3, 0.4) is 0 Å². The minimum Gasteiger partial charge on any atom is -0.465 e. The summed E-state index contributed by atoms with van der Waals surface area (Å²) in [7, 11) is 1.28. The van der Waals surface area contributed by atoms with Gasteiger partial charge in [0.1, 0.15) is 5.82 Å². The predicted octanol–water partition coefficient (Wildman–Crippen LogP) is 4.01. The van der Waals surface area contributed by atoms with E-state index < -0.39 is 11.8 Å².